The third kappa shape index (κ3) is 5.65. The zero-order valence-electron chi connectivity index (χ0n) is 19.6. The van der Waals surface area contributed by atoms with Crippen molar-refractivity contribution in [2.75, 3.05) is 24.3 Å². The molecule has 1 heterocycles. The molecule has 3 aromatic rings. The Bertz CT molecular complexity index is 1140. The largest absolute Gasteiger partial charge is 0.377 e. The van der Waals surface area contributed by atoms with Gasteiger partial charge in [-0.25, -0.2) is 4.39 Å². The number of halogens is 1. The lowest BCUT2D eigenvalue weighted by atomic mass is 9.93. The maximum Gasteiger partial charge on any atom is 0.265 e. The molecule has 34 heavy (non-hydrogen) atoms. The molecule has 7 heteroatoms. The van der Waals surface area contributed by atoms with Crippen molar-refractivity contribution in [3.8, 4) is 0 Å². The molecular formula is C27H30FN3O2S. The highest BCUT2D eigenvalue weighted by molar-refractivity contribution is 7.12. The lowest BCUT2D eigenvalue weighted by Gasteiger charge is -2.35. The lowest BCUT2D eigenvalue weighted by Crippen LogP contribution is -2.41. The predicted molar refractivity (Wildman–Crippen MR) is 136 cm³/mol. The second-order valence-electron chi connectivity index (χ2n) is 8.90. The molecule has 4 rings (SSSR count). The van der Waals surface area contributed by atoms with Crippen molar-refractivity contribution in [2.45, 2.75) is 44.7 Å². The van der Waals surface area contributed by atoms with Crippen LogP contribution in [0.4, 0.5) is 15.8 Å². The Kier molecular flexibility index (Phi) is 7.63. The van der Waals surface area contributed by atoms with Gasteiger partial charge in [-0.15, -0.1) is 11.3 Å². The van der Waals surface area contributed by atoms with E-state index >= 15 is 0 Å². The van der Waals surface area contributed by atoms with Gasteiger partial charge in [0.25, 0.3) is 11.8 Å². The molecule has 0 saturated heterocycles. The van der Waals surface area contributed by atoms with E-state index in [4.69, 9.17) is 0 Å². The number of anilines is 2. The van der Waals surface area contributed by atoms with E-state index in [9.17, 15) is 14.0 Å². The van der Waals surface area contributed by atoms with Crippen molar-refractivity contribution in [1.29, 1.82) is 0 Å². The van der Waals surface area contributed by atoms with Crippen LogP contribution in [0.5, 0.6) is 0 Å². The number of nitrogens with zero attached hydrogens (tertiary/aromatic N) is 2. The Hall–Kier alpha value is -3.19. The zero-order valence-corrected chi connectivity index (χ0v) is 20.4. The molecule has 0 radical (unpaired) electrons. The molecule has 178 valence electrons. The molecule has 1 N–H and O–H groups in total. The summed E-state index contributed by atoms with van der Waals surface area (Å²) >= 11 is 1.39. The van der Waals surface area contributed by atoms with Crippen LogP contribution in [0.15, 0.2) is 60.0 Å². The molecule has 0 atom stereocenters. The summed E-state index contributed by atoms with van der Waals surface area (Å²) in [5.74, 6) is -0.732. The maximum atomic E-state index is 13.9. The van der Waals surface area contributed by atoms with Crippen LogP contribution in [0, 0.1) is 5.82 Å². The first-order valence-electron chi connectivity index (χ1n) is 11.6. The Labute approximate surface area is 204 Å². The van der Waals surface area contributed by atoms with Crippen LogP contribution in [0.3, 0.4) is 0 Å². The minimum Gasteiger partial charge on any atom is -0.377 e. The van der Waals surface area contributed by atoms with Gasteiger partial charge in [-0.05, 0) is 66.2 Å². The molecular weight excluding hydrogens is 449 g/mol. The molecule has 0 aliphatic heterocycles. The first kappa shape index (κ1) is 24.0. The number of thiophene rings is 1. The van der Waals surface area contributed by atoms with Crippen LogP contribution in [-0.4, -0.2) is 36.9 Å². The van der Waals surface area contributed by atoms with Crippen molar-refractivity contribution in [3.05, 3.63) is 81.8 Å². The SMILES string of the molecule is CN(C)c1ccc(NC(=O)c2cccs2)cc1CN(C(=O)c1cccc(F)c1)C1CCCCC1. The number of hydrogen-bond donors (Lipinski definition) is 1. The normalized spacial score (nSPS) is 14.0. The molecule has 2 amide bonds. The molecule has 1 saturated carbocycles. The number of hydrogen-bond acceptors (Lipinski definition) is 4. The van der Waals surface area contributed by atoms with Gasteiger partial charge in [-0.3, -0.25) is 9.59 Å². The predicted octanol–water partition coefficient (Wildman–Crippen LogP) is 6.18. The molecule has 1 aliphatic rings. The maximum absolute atomic E-state index is 13.9. The summed E-state index contributed by atoms with van der Waals surface area (Å²) in [5.41, 5.74) is 2.95. The highest BCUT2D eigenvalue weighted by Crippen LogP contribution is 2.30. The van der Waals surface area contributed by atoms with Crippen LogP contribution < -0.4 is 10.2 Å². The average Bonchev–Trinajstić information content (AvgIpc) is 3.38. The fourth-order valence-electron chi connectivity index (χ4n) is 4.56. The van der Waals surface area contributed by atoms with Crippen LogP contribution in [-0.2, 0) is 6.54 Å². The highest BCUT2D eigenvalue weighted by atomic mass is 32.1. The summed E-state index contributed by atoms with van der Waals surface area (Å²) in [7, 11) is 3.92. The zero-order chi connectivity index (χ0) is 24.1. The van der Waals surface area contributed by atoms with E-state index in [-0.39, 0.29) is 17.9 Å². The van der Waals surface area contributed by atoms with E-state index in [2.05, 4.69) is 5.32 Å². The summed E-state index contributed by atoms with van der Waals surface area (Å²) in [6, 6.07) is 15.4. The molecule has 0 unspecified atom stereocenters. The topological polar surface area (TPSA) is 52.7 Å². The van der Waals surface area contributed by atoms with Gasteiger partial charge in [0.15, 0.2) is 0 Å². The second-order valence-corrected chi connectivity index (χ2v) is 9.85. The second kappa shape index (κ2) is 10.8. The number of rotatable bonds is 7. The van der Waals surface area contributed by atoms with Crippen LogP contribution >= 0.6 is 11.3 Å². The van der Waals surface area contributed by atoms with Crippen molar-refractivity contribution < 1.29 is 14.0 Å². The van der Waals surface area contributed by atoms with Gasteiger partial charge in [0.05, 0.1) is 4.88 Å². The van der Waals surface area contributed by atoms with E-state index in [1.807, 2.05) is 53.5 Å². The van der Waals surface area contributed by atoms with Crippen molar-refractivity contribution in [1.82, 2.24) is 4.90 Å². The van der Waals surface area contributed by atoms with Crippen molar-refractivity contribution in [2.24, 2.45) is 0 Å². The molecule has 0 bridgehead atoms. The first-order chi connectivity index (χ1) is 16.4. The standard InChI is InChI=1S/C27H30FN3O2S/c1-30(2)24-14-13-22(29-26(32)25-12-7-15-34-25)17-20(24)18-31(23-10-4-3-5-11-23)27(33)19-8-6-9-21(28)16-19/h6-9,12-17,23H,3-5,10-11,18H2,1-2H3,(H,29,32). The molecule has 1 aliphatic carbocycles. The number of carbonyl (C=O) groups excluding carboxylic acids is 2. The number of amides is 2. The van der Waals surface area contributed by atoms with Gasteiger partial charge in [-0.2, -0.15) is 0 Å². The van der Waals surface area contributed by atoms with E-state index in [0.717, 1.165) is 36.9 Å². The molecule has 5 nitrogen and oxygen atoms in total. The van der Waals surface area contributed by atoms with Crippen LogP contribution in [0.25, 0.3) is 0 Å². The summed E-state index contributed by atoms with van der Waals surface area (Å²) in [5, 5.41) is 4.84. The Morgan fingerprint density at radius 3 is 2.50 bits per heavy atom. The quantitative estimate of drug-likeness (QED) is 0.440. The third-order valence-corrected chi connectivity index (χ3v) is 7.12. The van der Waals surface area contributed by atoms with E-state index < -0.39 is 5.82 Å². The lowest BCUT2D eigenvalue weighted by molar-refractivity contribution is 0.0614. The highest BCUT2D eigenvalue weighted by Gasteiger charge is 2.28. The van der Waals surface area contributed by atoms with Gasteiger partial charge < -0.3 is 15.1 Å². The molecule has 1 fully saturated rings. The van der Waals surface area contributed by atoms with Crippen LogP contribution in [0.2, 0.25) is 0 Å². The fraction of sp³-hybridized carbons (Fsp3) is 0.333. The van der Waals surface area contributed by atoms with E-state index in [1.54, 1.807) is 18.2 Å². The number of benzene rings is 2. The smallest absolute Gasteiger partial charge is 0.265 e. The Morgan fingerprint density at radius 2 is 1.82 bits per heavy atom. The van der Waals surface area contributed by atoms with Gasteiger partial charge in [0, 0.05) is 43.6 Å². The minimum absolute atomic E-state index is 0.101. The summed E-state index contributed by atoms with van der Waals surface area (Å²) in [6.07, 6.45) is 5.20. The summed E-state index contributed by atoms with van der Waals surface area (Å²) in [6.45, 7) is 0.385. The molecule has 2 aromatic carbocycles. The monoisotopic (exact) mass is 479 g/mol. The summed E-state index contributed by atoms with van der Waals surface area (Å²) < 4.78 is 13.9. The van der Waals surface area contributed by atoms with Gasteiger partial charge in [-0.1, -0.05) is 31.4 Å². The fourth-order valence-corrected chi connectivity index (χ4v) is 5.18. The summed E-state index contributed by atoms with van der Waals surface area (Å²) in [4.78, 5) is 30.7. The molecule has 1 aromatic heterocycles. The Morgan fingerprint density at radius 1 is 1.03 bits per heavy atom. The van der Waals surface area contributed by atoms with Gasteiger partial charge in [0.1, 0.15) is 5.82 Å². The third-order valence-electron chi connectivity index (χ3n) is 6.25. The van der Waals surface area contributed by atoms with E-state index in [0.29, 0.717) is 22.7 Å². The minimum atomic E-state index is -0.415. The number of nitrogens with one attached hydrogen (secondary N) is 1. The molecule has 0 spiro atoms. The van der Waals surface area contributed by atoms with Gasteiger partial charge >= 0.3 is 0 Å². The van der Waals surface area contributed by atoms with Crippen molar-refractivity contribution in [3.63, 3.8) is 0 Å². The van der Waals surface area contributed by atoms with Crippen molar-refractivity contribution >= 4 is 34.5 Å². The average molecular weight is 480 g/mol. The first-order valence-corrected chi connectivity index (χ1v) is 12.5. The van der Waals surface area contributed by atoms with Crippen LogP contribution in [0.1, 0.15) is 57.7 Å². The Balaban J connectivity index is 1.65. The van der Waals surface area contributed by atoms with Gasteiger partial charge in [0.2, 0.25) is 0 Å². The van der Waals surface area contributed by atoms with E-state index in [1.165, 1.54) is 29.9 Å². The number of carbonyl (C=O) groups is 2.